The standard InChI is InChI=1S/C12H26N2O/c1-4-5-6-8-14-9-7-12(10-14,11-15)13(2)3/h15H,4-11H2,1-3H3. The SMILES string of the molecule is CCCCCN1CCC(CO)(N(C)C)C1. The molecule has 0 aromatic rings. The molecule has 15 heavy (non-hydrogen) atoms. The molecule has 0 spiro atoms. The zero-order valence-corrected chi connectivity index (χ0v) is 10.5. The maximum Gasteiger partial charge on any atom is 0.0628 e. The highest BCUT2D eigenvalue weighted by atomic mass is 16.3. The summed E-state index contributed by atoms with van der Waals surface area (Å²) in [4.78, 5) is 4.68. The van der Waals surface area contributed by atoms with Crippen LogP contribution >= 0.6 is 0 Å². The van der Waals surface area contributed by atoms with Gasteiger partial charge in [-0.15, -0.1) is 0 Å². The number of hydrogen-bond acceptors (Lipinski definition) is 3. The van der Waals surface area contributed by atoms with Crippen molar-refractivity contribution >= 4 is 0 Å². The molecular weight excluding hydrogens is 188 g/mol. The molecule has 1 rings (SSSR count). The molecule has 90 valence electrons. The van der Waals surface area contributed by atoms with Gasteiger partial charge >= 0.3 is 0 Å². The predicted molar refractivity (Wildman–Crippen MR) is 64.1 cm³/mol. The van der Waals surface area contributed by atoms with Gasteiger partial charge in [0.05, 0.1) is 12.1 Å². The molecule has 1 aliphatic rings. The minimum Gasteiger partial charge on any atom is -0.394 e. The Kier molecular flexibility index (Phi) is 5.03. The Hall–Kier alpha value is -0.120. The maximum atomic E-state index is 9.51. The number of likely N-dealkylation sites (N-methyl/N-ethyl adjacent to an activating group) is 1. The monoisotopic (exact) mass is 214 g/mol. The summed E-state index contributed by atoms with van der Waals surface area (Å²) in [7, 11) is 4.15. The van der Waals surface area contributed by atoms with Crippen molar-refractivity contribution in [1.29, 1.82) is 0 Å². The predicted octanol–water partition coefficient (Wildman–Crippen LogP) is 1.18. The minimum absolute atomic E-state index is 0.0201. The topological polar surface area (TPSA) is 26.7 Å². The van der Waals surface area contributed by atoms with Crippen molar-refractivity contribution in [2.24, 2.45) is 0 Å². The molecule has 1 atom stereocenters. The van der Waals surface area contributed by atoms with Crippen molar-refractivity contribution in [2.45, 2.75) is 38.1 Å². The molecular formula is C12H26N2O. The van der Waals surface area contributed by atoms with Crippen LogP contribution in [-0.2, 0) is 0 Å². The largest absolute Gasteiger partial charge is 0.394 e. The fourth-order valence-corrected chi connectivity index (χ4v) is 2.35. The first-order chi connectivity index (χ1) is 7.14. The van der Waals surface area contributed by atoms with Gasteiger partial charge in [0.2, 0.25) is 0 Å². The number of unbranched alkanes of at least 4 members (excludes halogenated alkanes) is 2. The van der Waals surface area contributed by atoms with Gasteiger partial charge in [-0.25, -0.2) is 0 Å². The Balaban J connectivity index is 2.36. The summed E-state index contributed by atoms with van der Waals surface area (Å²) < 4.78 is 0. The third-order valence-corrected chi connectivity index (χ3v) is 3.73. The third-order valence-electron chi connectivity index (χ3n) is 3.73. The van der Waals surface area contributed by atoms with E-state index in [1.54, 1.807) is 0 Å². The van der Waals surface area contributed by atoms with Crippen LogP contribution in [0.4, 0.5) is 0 Å². The van der Waals surface area contributed by atoms with Crippen LogP contribution in [0.3, 0.4) is 0 Å². The summed E-state index contributed by atoms with van der Waals surface area (Å²) in [5, 5.41) is 9.51. The number of aliphatic hydroxyl groups excluding tert-OH is 1. The van der Waals surface area contributed by atoms with Gasteiger partial charge in [-0.3, -0.25) is 0 Å². The van der Waals surface area contributed by atoms with Crippen LogP contribution in [0, 0.1) is 0 Å². The van der Waals surface area contributed by atoms with E-state index in [0.29, 0.717) is 0 Å². The molecule has 3 heteroatoms. The van der Waals surface area contributed by atoms with Crippen molar-refractivity contribution in [3.8, 4) is 0 Å². The number of rotatable bonds is 6. The van der Waals surface area contributed by atoms with Crippen LogP contribution in [0.5, 0.6) is 0 Å². The smallest absolute Gasteiger partial charge is 0.0628 e. The van der Waals surface area contributed by atoms with Gasteiger partial charge in [-0.1, -0.05) is 19.8 Å². The number of nitrogens with zero attached hydrogens (tertiary/aromatic N) is 2. The molecule has 1 unspecified atom stereocenters. The van der Waals surface area contributed by atoms with E-state index in [1.807, 2.05) is 0 Å². The van der Waals surface area contributed by atoms with Gasteiger partial charge in [0.1, 0.15) is 0 Å². The Bertz CT molecular complexity index is 184. The summed E-state index contributed by atoms with van der Waals surface area (Å²) in [5.74, 6) is 0. The van der Waals surface area contributed by atoms with Crippen LogP contribution in [0.15, 0.2) is 0 Å². The van der Waals surface area contributed by atoms with E-state index in [0.717, 1.165) is 19.5 Å². The van der Waals surface area contributed by atoms with E-state index >= 15 is 0 Å². The van der Waals surface area contributed by atoms with Crippen molar-refractivity contribution in [1.82, 2.24) is 9.80 Å². The Morgan fingerprint density at radius 1 is 1.33 bits per heavy atom. The summed E-state index contributed by atoms with van der Waals surface area (Å²) >= 11 is 0. The van der Waals surface area contributed by atoms with Crippen LogP contribution in [0.25, 0.3) is 0 Å². The van der Waals surface area contributed by atoms with E-state index in [9.17, 15) is 5.11 Å². The highest BCUT2D eigenvalue weighted by Gasteiger charge is 2.38. The molecule has 0 bridgehead atoms. The Labute approximate surface area is 94.1 Å². The van der Waals surface area contributed by atoms with Crippen LogP contribution in [-0.4, -0.2) is 60.8 Å². The highest BCUT2D eigenvalue weighted by Crippen LogP contribution is 2.25. The van der Waals surface area contributed by atoms with E-state index < -0.39 is 0 Å². The molecule has 1 fully saturated rings. The second-order valence-corrected chi connectivity index (χ2v) is 5.01. The van der Waals surface area contributed by atoms with Gasteiger partial charge < -0.3 is 14.9 Å². The molecule has 1 saturated heterocycles. The third kappa shape index (κ3) is 3.16. The zero-order valence-electron chi connectivity index (χ0n) is 10.5. The average molecular weight is 214 g/mol. The molecule has 0 aromatic carbocycles. The molecule has 3 nitrogen and oxygen atoms in total. The van der Waals surface area contributed by atoms with Gasteiger partial charge in [0.25, 0.3) is 0 Å². The summed E-state index contributed by atoms with van der Waals surface area (Å²) in [5.41, 5.74) is 0.0201. The lowest BCUT2D eigenvalue weighted by Crippen LogP contribution is -2.49. The van der Waals surface area contributed by atoms with Gasteiger partial charge in [0, 0.05) is 13.1 Å². The van der Waals surface area contributed by atoms with Gasteiger partial charge in [-0.05, 0) is 33.5 Å². The second kappa shape index (κ2) is 5.83. The van der Waals surface area contributed by atoms with Crippen LogP contribution in [0.1, 0.15) is 32.6 Å². The van der Waals surface area contributed by atoms with E-state index in [1.165, 1.54) is 25.8 Å². The second-order valence-electron chi connectivity index (χ2n) is 5.01. The van der Waals surface area contributed by atoms with Gasteiger partial charge in [-0.2, -0.15) is 0 Å². The number of hydrogen-bond donors (Lipinski definition) is 1. The maximum absolute atomic E-state index is 9.51. The Morgan fingerprint density at radius 2 is 2.07 bits per heavy atom. The number of likely N-dealkylation sites (tertiary alicyclic amines) is 1. The molecule has 0 saturated carbocycles. The van der Waals surface area contributed by atoms with Crippen molar-refractivity contribution in [3.05, 3.63) is 0 Å². The first kappa shape index (κ1) is 12.9. The fraction of sp³-hybridized carbons (Fsp3) is 1.00. The molecule has 0 amide bonds. The van der Waals surface area contributed by atoms with Crippen LogP contribution < -0.4 is 0 Å². The number of aliphatic hydroxyl groups is 1. The van der Waals surface area contributed by atoms with Crippen molar-refractivity contribution in [3.63, 3.8) is 0 Å². The molecule has 1 aliphatic heterocycles. The van der Waals surface area contributed by atoms with Gasteiger partial charge in [0.15, 0.2) is 0 Å². The van der Waals surface area contributed by atoms with E-state index in [4.69, 9.17) is 0 Å². The lowest BCUT2D eigenvalue weighted by molar-refractivity contribution is 0.0743. The van der Waals surface area contributed by atoms with Crippen LogP contribution in [0.2, 0.25) is 0 Å². The molecule has 0 aliphatic carbocycles. The molecule has 0 aromatic heterocycles. The summed E-state index contributed by atoms with van der Waals surface area (Å²) in [6.07, 6.45) is 5.01. The van der Waals surface area contributed by atoms with E-state index in [2.05, 4.69) is 30.8 Å². The lowest BCUT2D eigenvalue weighted by atomic mass is 9.99. The Morgan fingerprint density at radius 3 is 2.53 bits per heavy atom. The van der Waals surface area contributed by atoms with E-state index in [-0.39, 0.29) is 12.1 Å². The van der Waals surface area contributed by atoms with Crippen molar-refractivity contribution in [2.75, 3.05) is 40.3 Å². The first-order valence-electron chi connectivity index (χ1n) is 6.15. The normalized spacial score (nSPS) is 27.8. The average Bonchev–Trinajstić information content (AvgIpc) is 2.63. The fourth-order valence-electron chi connectivity index (χ4n) is 2.35. The minimum atomic E-state index is 0.0201. The zero-order chi connectivity index (χ0) is 11.3. The molecule has 1 heterocycles. The first-order valence-corrected chi connectivity index (χ1v) is 6.15. The summed E-state index contributed by atoms with van der Waals surface area (Å²) in [6, 6.07) is 0. The lowest BCUT2D eigenvalue weighted by Gasteiger charge is -2.34. The van der Waals surface area contributed by atoms with Crippen molar-refractivity contribution < 1.29 is 5.11 Å². The quantitative estimate of drug-likeness (QED) is 0.673. The molecule has 0 radical (unpaired) electrons. The highest BCUT2D eigenvalue weighted by molar-refractivity contribution is 4.96. The summed E-state index contributed by atoms with van der Waals surface area (Å²) in [6.45, 7) is 5.89. The molecule has 1 N–H and O–H groups in total.